The largest absolute Gasteiger partial charge is 0.467 e. The van der Waals surface area contributed by atoms with Crippen LogP contribution in [0, 0.1) is 11.3 Å². The standard InChI is InChI=1S/C13H12N2O2S/c14-6-3-7-15(10-11-4-1-8-17-11)13(16)12-5-2-9-18-12/h1-2,4-5,8-9H,3,7,10H2. The van der Waals surface area contributed by atoms with Gasteiger partial charge in [-0.3, -0.25) is 4.79 Å². The first-order chi connectivity index (χ1) is 8.81. The zero-order chi connectivity index (χ0) is 12.8. The lowest BCUT2D eigenvalue weighted by Gasteiger charge is -2.19. The summed E-state index contributed by atoms with van der Waals surface area (Å²) in [7, 11) is 0. The molecular formula is C13H12N2O2S. The summed E-state index contributed by atoms with van der Waals surface area (Å²) in [6, 6.07) is 9.29. The van der Waals surface area contributed by atoms with Gasteiger partial charge in [0.05, 0.1) is 30.2 Å². The van der Waals surface area contributed by atoms with Crippen LogP contribution >= 0.6 is 11.3 Å². The summed E-state index contributed by atoms with van der Waals surface area (Å²) in [5, 5.41) is 10.5. The summed E-state index contributed by atoms with van der Waals surface area (Å²) in [5.74, 6) is 0.662. The van der Waals surface area contributed by atoms with Crippen molar-refractivity contribution < 1.29 is 9.21 Å². The van der Waals surface area contributed by atoms with Crippen molar-refractivity contribution in [2.45, 2.75) is 13.0 Å². The highest BCUT2D eigenvalue weighted by Gasteiger charge is 2.17. The van der Waals surface area contributed by atoms with E-state index >= 15 is 0 Å². The highest BCUT2D eigenvalue weighted by Crippen LogP contribution is 2.15. The minimum Gasteiger partial charge on any atom is -0.467 e. The van der Waals surface area contributed by atoms with Crippen LogP contribution in [0.3, 0.4) is 0 Å². The quantitative estimate of drug-likeness (QED) is 0.830. The molecule has 0 saturated carbocycles. The van der Waals surface area contributed by atoms with Crippen molar-refractivity contribution in [2.24, 2.45) is 0 Å². The fraction of sp³-hybridized carbons (Fsp3) is 0.231. The average Bonchev–Trinajstić information content (AvgIpc) is 3.06. The van der Waals surface area contributed by atoms with Gasteiger partial charge in [-0.05, 0) is 23.6 Å². The van der Waals surface area contributed by atoms with Crippen LogP contribution in [0.4, 0.5) is 0 Å². The second kappa shape index (κ2) is 6.03. The molecule has 0 N–H and O–H groups in total. The zero-order valence-corrected chi connectivity index (χ0v) is 10.5. The number of rotatable bonds is 5. The summed E-state index contributed by atoms with van der Waals surface area (Å²) in [5.41, 5.74) is 0. The molecule has 0 aliphatic rings. The summed E-state index contributed by atoms with van der Waals surface area (Å²) in [4.78, 5) is 14.5. The summed E-state index contributed by atoms with van der Waals surface area (Å²) >= 11 is 1.40. The smallest absolute Gasteiger partial charge is 0.264 e. The third kappa shape index (κ3) is 2.99. The summed E-state index contributed by atoms with van der Waals surface area (Å²) < 4.78 is 5.24. The number of thiophene rings is 1. The molecule has 0 aliphatic heterocycles. The Bertz CT molecular complexity index is 526. The molecule has 2 rings (SSSR count). The van der Waals surface area contributed by atoms with Gasteiger partial charge in [0.2, 0.25) is 0 Å². The zero-order valence-electron chi connectivity index (χ0n) is 9.70. The Balaban J connectivity index is 2.09. The van der Waals surface area contributed by atoms with E-state index in [1.165, 1.54) is 11.3 Å². The molecule has 0 aromatic carbocycles. The van der Waals surface area contributed by atoms with Gasteiger partial charge in [0.25, 0.3) is 5.91 Å². The molecule has 0 spiro atoms. The van der Waals surface area contributed by atoms with Crippen molar-refractivity contribution in [1.29, 1.82) is 5.26 Å². The van der Waals surface area contributed by atoms with Gasteiger partial charge in [-0.1, -0.05) is 6.07 Å². The molecule has 0 bridgehead atoms. The first-order valence-electron chi connectivity index (χ1n) is 5.53. The fourth-order valence-corrected chi connectivity index (χ4v) is 2.27. The number of nitrogens with zero attached hydrogens (tertiary/aromatic N) is 2. The maximum absolute atomic E-state index is 12.2. The van der Waals surface area contributed by atoms with E-state index in [0.717, 1.165) is 5.76 Å². The maximum Gasteiger partial charge on any atom is 0.264 e. The van der Waals surface area contributed by atoms with E-state index in [9.17, 15) is 4.79 Å². The lowest BCUT2D eigenvalue weighted by atomic mass is 10.3. The molecule has 0 aliphatic carbocycles. The van der Waals surface area contributed by atoms with Gasteiger partial charge in [0, 0.05) is 6.54 Å². The van der Waals surface area contributed by atoms with E-state index in [1.807, 2.05) is 17.5 Å². The fourth-order valence-electron chi connectivity index (χ4n) is 1.58. The minimum atomic E-state index is -0.0587. The molecule has 2 aromatic heterocycles. The van der Waals surface area contributed by atoms with Crippen LogP contribution < -0.4 is 0 Å². The lowest BCUT2D eigenvalue weighted by molar-refractivity contribution is 0.0740. The van der Waals surface area contributed by atoms with Gasteiger partial charge in [-0.2, -0.15) is 5.26 Å². The number of hydrogen-bond acceptors (Lipinski definition) is 4. The third-order valence-electron chi connectivity index (χ3n) is 2.44. The van der Waals surface area contributed by atoms with Crippen molar-refractivity contribution in [3.8, 4) is 6.07 Å². The summed E-state index contributed by atoms with van der Waals surface area (Å²) in [6.45, 7) is 0.805. The first-order valence-corrected chi connectivity index (χ1v) is 6.41. The van der Waals surface area contributed by atoms with Gasteiger partial charge >= 0.3 is 0 Å². The van der Waals surface area contributed by atoms with Gasteiger partial charge in [-0.25, -0.2) is 0 Å². The van der Waals surface area contributed by atoms with E-state index < -0.39 is 0 Å². The molecule has 0 unspecified atom stereocenters. The molecule has 0 radical (unpaired) electrons. The molecule has 4 nitrogen and oxygen atoms in total. The summed E-state index contributed by atoms with van der Waals surface area (Å²) in [6.07, 6.45) is 1.89. The van der Waals surface area contributed by atoms with Gasteiger partial charge in [0.1, 0.15) is 5.76 Å². The van der Waals surface area contributed by atoms with Crippen LogP contribution in [0.2, 0.25) is 0 Å². The van der Waals surface area contributed by atoms with Crippen LogP contribution in [0.1, 0.15) is 21.9 Å². The van der Waals surface area contributed by atoms with Crippen LogP contribution in [0.25, 0.3) is 0 Å². The van der Waals surface area contributed by atoms with Gasteiger partial charge < -0.3 is 9.32 Å². The SMILES string of the molecule is N#CCCN(Cc1ccco1)C(=O)c1cccs1. The topological polar surface area (TPSA) is 57.2 Å². The van der Waals surface area contributed by atoms with Crippen molar-refractivity contribution in [3.05, 3.63) is 46.5 Å². The van der Waals surface area contributed by atoms with Crippen LogP contribution in [0.15, 0.2) is 40.3 Å². The molecule has 2 aromatic rings. The van der Waals surface area contributed by atoms with E-state index in [4.69, 9.17) is 9.68 Å². The maximum atomic E-state index is 12.2. The monoisotopic (exact) mass is 260 g/mol. The minimum absolute atomic E-state index is 0.0587. The Morgan fingerprint density at radius 3 is 2.94 bits per heavy atom. The normalized spacial score (nSPS) is 9.94. The molecule has 0 saturated heterocycles. The number of hydrogen-bond donors (Lipinski definition) is 0. The Labute approximate surface area is 109 Å². The van der Waals surface area contributed by atoms with E-state index in [0.29, 0.717) is 24.4 Å². The molecule has 5 heteroatoms. The van der Waals surface area contributed by atoms with Gasteiger partial charge in [0.15, 0.2) is 0 Å². The van der Waals surface area contributed by atoms with Crippen molar-refractivity contribution in [3.63, 3.8) is 0 Å². The average molecular weight is 260 g/mol. The predicted octanol–water partition coefficient (Wildman–Crippen LogP) is 2.90. The molecule has 0 fully saturated rings. The molecule has 2 heterocycles. The lowest BCUT2D eigenvalue weighted by Crippen LogP contribution is -2.30. The van der Waals surface area contributed by atoms with Crippen molar-refractivity contribution >= 4 is 17.2 Å². The molecule has 0 atom stereocenters. The number of carbonyl (C=O) groups excluding carboxylic acids is 1. The van der Waals surface area contributed by atoms with Gasteiger partial charge in [-0.15, -0.1) is 11.3 Å². The number of carbonyl (C=O) groups is 1. The first kappa shape index (κ1) is 12.4. The molecule has 18 heavy (non-hydrogen) atoms. The molecular weight excluding hydrogens is 248 g/mol. The highest BCUT2D eigenvalue weighted by atomic mass is 32.1. The van der Waals surface area contributed by atoms with Crippen molar-refractivity contribution in [1.82, 2.24) is 4.90 Å². The molecule has 1 amide bonds. The second-order valence-electron chi connectivity index (χ2n) is 3.69. The second-order valence-corrected chi connectivity index (χ2v) is 4.64. The number of amides is 1. The van der Waals surface area contributed by atoms with E-state index in [-0.39, 0.29) is 5.91 Å². The van der Waals surface area contributed by atoms with Crippen LogP contribution in [-0.4, -0.2) is 17.4 Å². The Kier molecular flexibility index (Phi) is 4.15. The van der Waals surface area contributed by atoms with E-state index in [1.54, 1.807) is 23.3 Å². The Morgan fingerprint density at radius 2 is 2.33 bits per heavy atom. The predicted molar refractivity (Wildman–Crippen MR) is 68.0 cm³/mol. The highest BCUT2D eigenvalue weighted by molar-refractivity contribution is 7.12. The number of nitriles is 1. The third-order valence-corrected chi connectivity index (χ3v) is 3.30. The van der Waals surface area contributed by atoms with Crippen LogP contribution in [0.5, 0.6) is 0 Å². The Morgan fingerprint density at radius 1 is 1.44 bits per heavy atom. The van der Waals surface area contributed by atoms with Crippen LogP contribution in [-0.2, 0) is 6.54 Å². The Hall–Kier alpha value is -2.06. The molecule has 92 valence electrons. The van der Waals surface area contributed by atoms with E-state index in [2.05, 4.69) is 6.07 Å². The number of furan rings is 1. The van der Waals surface area contributed by atoms with Crippen molar-refractivity contribution in [2.75, 3.05) is 6.54 Å².